The predicted octanol–water partition coefficient (Wildman–Crippen LogP) is 2.88. The molecule has 2 fully saturated rings. The number of anilines is 2. The number of nitrogens with one attached hydrogen (secondary N) is 3. The van der Waals surface area contributed by atoms with E-state index in [4.69, 9.17) is 21.1 Å². The Balaban J connectivity index is 1.45. The van der Waals surface area contributed by atoms with Crippen LogP contribution >= 0.6 is 11.6 Å². The average Bonchev–Trinajstić information content (AvgIpc) is 2.81. The number of piperidine rings is 1. The highest BCUT2D eigenvalue weighted by atomic mass is 35.5. The van der Waals surface area contributed by atoms with Gasteiger partial charge >= 0.3 is 0 Å². The van der Waals surface area contributed by atoms with Crippen LogP contribution in [0.25, 0.3) is 11.3 Å². The summed E-state index contributed by atoms with van der Waals surface area (Å²) in [6.45, 7) is 6.61. The number of hydrogen-bond acceptors (Lipinski definition) is 8. The van der Waals surface area contributed by atoms with Crippen LogP contribution in [0.1, 0.15) is 26.7 Å². The monoisotopic (exact) mass is 478 g/mol. The summed E-state index contributed by atoms with van der Waals surface area (Å²) in [5.74, 6) is -0.626. The number of halogens is 2. The van der Waals surface area contributed by atoms with Gasteiger partial charge in [-0.15, -0.1) is 0 Å². The first-order chi connectivity index (χ1) is 15.8. The molecule has 2 atom stereocenters. The van der Waals surface area contributed by atoms with Gasteiger partial charge in [-0.1, -0.05) is 11.6 Å². The highest BCUT2D eigenvalue weighted by Gasteiger charge is 2.28. The molecule has 0 spiro atoms. The molecule has 11 heteroatoms. The Morgan fingerprint density at radius 3 is 2.94 bits per heavy atom. The van der Waals surface area contributed by atoms with Gasteiger partial charge in [-0.3, -0.25) is 4.79 Å². The lowest BCUT2D eigenvalue weighted by Gasteiger charge is -2.35. The Kier molecular flexibility index (Phi) is 7.38. The van der Waals surface area contributed by atoms with Crippen molar-refractivity contribution in [2.45, 2.75) is 38.4 Å². The maximum atomic E-state index is 14.3. The molecule has 178 valence electrons. The summed E-state index contributed by atoms with van der Waals surface area (Å²) in [6.07, 6.45) is 4.27. The van der Waals surface area contributed by atoms with Gasteiger partial charge in [0.05, 0.1) is 47.8 Å². The van der Waals surface area contributed by atoms with Crippen molar-refractivity contribution in [3.63, 3.8) is 0 Å². The van der Waals surface area contributed by atoms with Gasteiger partial charge in [0.15, 0.2) is 5.82 Å². The van der Waals surface area contributed by atoms with E-state index in [-0.39, 0.29) is 29.3 Å². The van der Waals surface area contributed by atoms with Crippen LogP contribution in [0.4, 0.5) is 16.0 Å². The van der Waals surface area contributed by atoms with E-state index in [1.165, 1.54) is 12.4 Å². The van der Waals surface area contributed by atoms with E-state index in [9.17, 15) is 9.18 Å². The third kappa shape index (κ3) is 6.14. The van der Waals surface area contributed by atoms with Gasteiger partial charge in [-0.25, -0.2) is 15.0 Å². The Hall–Kier alpha value is -2.40. The van der Waals surface area contributed by atoms with Crippen LogP contribution in [0, 0.1) is 11.9 Å². The molecule has 0 bridgehead atoms. The number of carbonyl (C=O) groups excluding carboxylic acids is 1. The summed E-state index contributed by atoms with van der Waals surface area (Å²) >= 11 is 6.33. The van der Waals surface area contributed by atoms with Gasteiger partial charge in [0.1, 0.15) is 5.82 Å². The second-order valence-corrected chi connectivity index (χ2v) is 9.27. The summed E-state index contributed by atoms with van der Waals surface area (Å²) in [6, 6.07) is 1.61. The van der Waals surface area contributed by atoms with Crippen molar-refractivity contribution in [3.8, 4) is 11.3 Å². The van der Waals surface area contributed by atoms with E-state index in [1.54, 1.807) is 6.07 Å². The first kappa shape index (κ1) is 23.7. The van der Waals surface area contributed by atoms with Gasteiger partial charge in [0, 0.05) is 24.8 Å². The second kappa shape index (κ2) is 10.3. The van der Waals surface area contributed by atoms with Crippen LogP contribution in [0.3, 0.4) is 0 Å². The lowest BCUT2D eigenvalue weighted by Crippen LogP contribution is -2.44. The molecule has 2 aliphatic rings. The molecule has 2 saturated heterocycles. The fourth-order valence-corrected chi connectivity index (χ4v) is 3.88. The van der Waals surface area contributed by atoms with Crippen LogP contribution in [-0.2, 0) is 14.3 Å². The van der Waals surface area contributed by atoms with E-state index in [0.717, 1.165) is 19.4 Å². The summed E-state index contributed by atoms with van der Waals surface area (Å²) in [5.41, 5.74) is 0.501. The summed E-state index contributed by atoms with van der Waals surface area (Å²) in [7, 11) is 0. The quantitative estimate of drug-likeness (QED) is 0.581. The number of carbonyl (C=O) groups is 1. The zero-order chi connectivity index (χ0) is 23.4. The molecule has 2 aliphatic heterocycles. The molecule has 4 rings (SSSR count). The fourth-order valence-electron chi connectivity index (χ4n) is 3.68. The van der Waals surface area contributed by atoms with Crippen LogP contribution < -0.4 is 16.0 Å². The van der Waals surface area contributed by atoms with E-state index in [2.05, 4.69) is 30.9 Å². The molecule has 1 amide bonds. The molecule has 4 heterocycles. The van der Waals surface area contributed by atoms with Crippen molar-refractivity contribution in [1.29, 1.82) is 0 Å². The van der Waals surface area contributed by atoms with Gasteiger partial charge in [0.25, 0.3) is 5.95 Å². The largest absolute Gasteiger partial charge is 0.371 e. The van der Waals surface area contributed by atoms with Crippen LogP contribution in [0.15, 0.2) is 18.5 Å². The van der Waals surface area contributed by atoms with Crippen molar-refractivity contribution < 1.29 is 18.7 Å². The Bertz CT molecular complexity index is 992. The van der Waals surface area contributed by atoms with Crippen molar-refractivity contribution in [2.24, 2.45) is 5.92 Å². The third-order valence-electron chi connectivity index (χ3n) is 5.60. The molecule has 2 aromatic rings. The highest BCUT2D eigenvalue weighted by molar-refractivity contribution is 6.33. The van der Waals surface area contributed by atoms with Crippen LogP contribution in [0.5, 0.6) is 0 Å². The van der Waals surface area contributed by atoms with Crippen molar-refractivity contribution in [2.75, 3.05) is 43.5 Å². The summed E-state index contributed by atoms with van der Waals surface area (Å²) < 4.78 is 25.8. The van der Waals surface area contributed by atoms with Gasteiger partial charge in [-0.05, 0) is 39.3 Å². The summed E-state index contributed by atoms with van der Waals surface area (Å²) in [5, 5.41) is 9.30. The smallest absolute Gasteiger partial charge is 0.255 e. The third-order valence-corrected chi connectivity index (χ3v) is 5.90. The minimum absolute atomic E-state index is 0.0207. The zero-order valence-corrected chi connectivity index (χ0v) is 19.4. The first-order valence-electron chi connectivity index (χ1n) is 11.0. The number of nitrogens with zero attached hydrogens (tertiary/aromatic N) is 3. The van der Waals surface area contributed by atoms with E-state index >= 15 is 0 Å². The lowest BCUT2D eigenvalue weighted by molar-refractivity contribution is -0.170. The summed E-state index contributed by atoms with van der Waals surface area (Å²) in [4.78, 5) is 24.9. The molecule has 0 aromatic carbocycles. The number of amides is 1. The molecule has 0 unspecified atom stereocenters. The minimum Gasteiger partial charge on any atom is -0.371 e. The number of rotatable bonds is 6. The van der Waals surface area contributed by atoms with Crippen molar-refractivity contribution in [1.82, 2.24) is 20.3 Å². The number of pyridine rings is 1. The van der Waals surface area contributed by atoms with Crippen LogP contribution in [0.2, 0.25) is 5.02 Å². The Morgan fingerprint density at radius 1 is 1.36 bits per heavy atom. The normalized spacial score (nSPS) is 22.5. The topological polar surface area (TPSA) is 110 Å². The highest BCUT2D eigenvalue weighted by Crippen LogP contribution is 2.29. The first-order valence-corrected chi connectivity index (χ1v) is 11.4. The SMILES string of the molecule is CC1(C)CO[C@H](CNc2nc(-c3cc(NC(=O)[C@@H]4CCCNC4)ncc3Cl)cnc2F)CO1. The van der Waals surface area contributed by atoms with Crippen molar-refractivity contribution in [3.05, 3.63) is 29.4 Å². The van der Waals surface area contributed by atoms with Crippen LogP contribution in [-0.4, -0.2) is 65.4 Å². The molecule has 0 saturated carbocycles. The van der Waals surface area contributed by atoms with Gasteiger partial charge in [-0.2, -0.15) is 4.39 Å². The maximum absolute atomic E-state index is 14.3. The number of hydrogen-bond donors (Lipinski definition) is 3. The second-order valence-electron chi connectivity index (χ2n) is 8.86. The molecular formula is C22H28ClFN6O3. The average molecular weight is 479 g/mol. The lowest BCUT2D eigenvalue weighted by atomic mass is 9.99. The molecule has 9 nitrogen and oxygen atoms in total. The maximum Gasteiger partial charge on any atom is 0.255 e. The molecule has 3 N–H and O–H groups in total. The fraction of sp³-hybridized carbons (Fsp3) is 0.545. The standard InChI is InChI=1S/C22H28ClFN6O3/c1-22(2)12-32-14(11-33-22)8-28-20-19(24)27-10-17(29-20)15-6-18(26-9-16(15)23)30-21(31)13-4-3-5-25-7-13/h6,9-10,13-14,25H,3-5,7-8,11-12H2,1-2H3,(H,28,29)(H,26,30,31)/t13-,14-/m1/s1. The minimum atomic E-state index is -0.737. The Labute approximate surface area is 196 Å². The van der Waals surface area contributed by atoms with E-state index in [1.807, 2.05) is 13.8 Å². The van der Waals surface area contributed by atoms with Crippen molar-refractivity contribution >= 4 is 29.1 Å². The number of ether oxygens (including phenoxy) is 2. The number of aromatic nitrogens is 3. The molecule has 2 aromatic heterocycles. The van der Waals surface area contributed by atoms with E-state index in [0.29, 0.717) is 48.4 Å². The molecule has 0 aliphatic carbocycles. The van der Waals surface area contributed by atoms with Gasteiger partial charge in [0.2, 0.25) is 5.91 Å². The zero-order valence-electron chi connectivity index (χ0n) is 18.7. The molecular weight excluding hydrogens is 451 g/mol. The predicted molar refractivity (Wildman–Crippen MR) is 123 cm³/mol. The molecule has 0 radical (unpaired) electrons. The molecule has 33 heavy (non-hydrogen) atoms. The van der Waals surface area contributed by atoms with E-state index < -0.39 is 5.95 Å². The van der Waals surface area contributed by atoms with Gasteiger partial charge < -0.3 is 25.4 Å². The Morgan fingerprint density at radius 2 is 2.21 bits per heavy atom.